The molecule has 92 valence electrons. The first-order valence-electron chi connectivity index (χ1n) is 6.20. The normalized spacial score (nSPS) is 25.2. The second-order valence-electron chi connectivity index (χ2n) is 4.80. The molecule has 17 heavy (non-hydrogen) atoms. The number of carbonyl (C=O) groups excluding carboxylic acids is 1. The molecule has 2 heterocycles. The fraction of sp³-hybridized carbons (Fsp3) is 0.500. The molecule has 0 aromatic carbocycles. The maximum atomic E-state index is 12.1. The van der Waals surface area contributed by atoms with Gasteiger partial charge in [0.1, 0.15) is 0 Å². The Morgan fingerprint density at radius 1 is 1.53 bits per heavy atom. The molecule has 1 saturated heterocycles. The Labute approximate surface area is 103 Å². The fourth-order valence-electron chi connectivity index (χ4n) is 2.41. The number of nitrogens with zero attached hydrogens (tertiary/aromatic N) is 2. The number of hydrogen-bond acceptors (Lipinski definition) is 2. The van der Waals surface area contributed by atoms with Crippen LogP contribution in [0, 0.1) is 5.92 Å². The Morgan fingerprint density at radius 3 is 2.88 bits per heavy atom. The summed E-state index contributed by atoms with van der Waals surface area (Å²) in [7, 11) is 1.86. The summed E-state index contributed by atoms with van der Waals surface area (Å²) in [4.78, 5) is 16.0. The van der Waals surface area contributed by atoms with E-state index in [0.717, 1.165) is 30.8 Å². The van der Waals surface area contributed by atoms with Crippen molar-refractivity contribution in [3.63, 3.8) is 0 Å². The van der Waals surface area contributed by atoms with Crippen LogP contribution in [0.5, 0.6) is 0 Å². The van der Waals surface area contributed by atoms with Crippen LogP contribution in [0.25, 0.3) is 0 Å². The maximum Gasteiger partial charge on any atom is 0.229 e. The van der Waals surface area contributed by atoms with Crippen molar-refractivity contribution in [1.82, 2.24) is 9.80 Å². The second-order valence-corrected chi connectivity index (χ2v) is 4.80. The first-order chi connectivity index (χ1) is 8.04. The van der Waals surface area contributed by atoms with Crippen LogP contribution in [-0.4, -0.2) is 29.3 Å². The van der Waals surface area contributed by atoms with E-state index in [0.29, 0.717) is 0 Å². The van der Waals surface area contributed by atoms with Crippen molar-refractivity contribution in [1.29, 1.82) is 0 Å². The zero-order chi connectivity index (χ0) is 12.6. The molecule has 0 aliphatic carbocycles. The van der Waals surface area contributed by atoms with E-state index >= 15 is 0 Å². The highest BCUT2D eigenvalue weighted by molar-refractivity contribution is 5.81. The number of allylic oxidation sites excluding steroid dienone is 2. The van der Waals surface area contributed by atoms with Gasteiger partial charge in [-0.1, -0.05) is 13.5 Å². The summed E-state index contributed by atoms with van der Waals surface area (Å²) >= 11 is 0. The predicted octanol–water partition coefficient (Wildman–Crippen LogP) is 2.49. The average molecular weight is 232 g/mol. The van der Waals surface area contributed by atoms with Gasteiger partial charge in [0.05, 0.1) is 0 Å². The molecule has 0 spiro atoms. The van der Waals surface area contributed by atoms with E-state index in [2.05, 4.69) is 24.6 Å². The summed E-state index contributed by atoms with van der Waals surface area (Å²) in [5.41, 5.74) is 3.23. The second kappa shape index (κ2) is 4.40. The number of amides is 1. The Morgan fingerprint density at radius 2 is 2.24 bits per heavy atom. The van der Waals surface area contributed by atoms with Gasteiger partial charge in [-0.3, -0.25) is 4.79 Å². The van der Waals surface area contributed by atoms with E-state index < -0.39 is 0 Å². The number of rotatable bonds is 1. The lowest BCUT2D eigenvalue weighted by molar-refractivity contribution is -0.131. The van der Waals surface area contributed by atoms with Crippen LogP contribution < -0.4 is 0 Å². The standard InChI is InChI=1S/C14H20N2O/c1-5-16-9-12-7-6-10(2)14(17)15(4)13(12)8-11(16)3/h8-10H,3,5-7H2,1-2,4H3. The minimum atomic E-state index is 0.107. The summed E-state index contributed by atoms with van der Waals surface area (Å²) in [6.45, 7) is 9.06. The third-order valence-electron chi connectivity index (χ3n) is 3.61. The van der Waals surface area contributed by atoms with E-state index in [1.54, 1.807) is 4.90 Å². The number of carbonyl (C=O) groups is 1. The summed E-state index contributed by atoms with van der Waals surface area (Å²) in [6, 6.07) is 0. The smallest absolute Gasteiger partial charge is 0.229 e. The highest BCUT2D eigenvalue weighted by Gasteiger charge is 2.29. The molecule has 1 atom stereocenters. The first-order valence-corrected chi connectivity index (χ1v) is 6.20. The monoisotopic (exact) mass is 232 g/mol. The van der Waals surface area contributed by atoms with Crippen LogP contribution in [0.1, 0.15) is 26.7 Å². The molecule has 3 heteroatoms. The Balaban J connectivity index is 2.38. The van der Waals surface area contributed by atoms with Gasteiger partial charge in [-0.25, -0.2) is 0 Å². The quantitative estimate of drug-likeness (QED) is 0.693. The number of likely N-dealkylation sites (N-methyl/N-ethyl adjacent to an activating group) is 2. The van der Waals surface area contributed by atoms with Crippen LogP contribution >= 0.6 is 0 Å². The average Bonchev–Trinajstić information content (AvgIpc) is 2.42. The number of fused-ring (bicyclic) bond motifs is 1. The molecule has 2 aliphatic rings. The molecule has 1 fully saturated rings. The van der Waals surface area contributed by atoms with E-state index in [-0.39, 0.29) is 11.8 Å². The molecular weight excluding hydrogens is 212 g/mol. The fourth-order valence-corrected chi connectivity index (χ4v) is 2.41. The van der Waals surface area contributed by atoms with Crippen molar-refractivity contribution in [2.24, 2.45) is 5.92 Å². The van der Waals surface area contributed by atoms with Gasteiger partial charge in [0.2, 0.25) is 5.91 Å². The van der Waals surface area contributed by atoms with Gasteiger partial charge in [0.25, 0.3) is 0 Å². The summed E-state index contributed by atoms with van der Waals surface area (Å²) in [5.74, 6) is 0.313. The third kappa shape index (κ3) is 2.02. The molecule has 2 aliphatic heterocycles. The molecule has 0 saturated carbocycles. The lowest BCUT2D eigenvalue weighted by Crippen LogP contribution is -2.31. The molecule has 1 unspecified atom stereocenters. The highest BCUT2D eigenvalue weighted by atomic mass is 16.2. The molecule has 0 bridgehead atoms. The third-order valence-corrected chi connectivity index (χ3v) is 3.61. The summed E-state index contributed by atoms with van der Waals surface area (Å²) in [5, 5.41) is 0. The van der Waals surface area contributed by atoms with Crippen molar-refractivity contribution in [2.45, 2.75) is 26.7 Å². The van der Waals surface area contributed by atoms with E-state index in [1.165, 1.54) is 5.57 Å². The van der Waals surface area contributed by atoms with Crippen molar-refractivity contribution < 1.29 is 4.79 Å². The maximum absolute atomic E-state index is 12.1. The lowest BCUT2D eigenvalue weighted by atomic mass is 10.0. The molecule has 0 aromatic rings. The van der Waals surface area contributed by atoms with Gasteiger partial charge in [-0.2, -0.15) is 0 Å². The van der Waals surface area contributed by atoms with E-state index in [1.807, 2.05) is 20.0 Å². The summed E-state index contributed by atoms with van der Waals surface area (Å²) in [6.07, 6.45) is 6.05. The molecule has 2 rings (SSSR count). The molecule has 3 nitrogen and oxygen atoms in total. The minimum absolute atomic E-state index is 0.107. The van der Waals surface area contributed by atoms with E-state index in [4.69, 9.17) is 0 Å². The van der Waals surface area contributed by atoms with Crippen LogP contribution in [-0.2, 0) is 4.79 Å². The van der Waals surface area contributed by atoms with Gasteiger partial charge in [-0.15, -0.1) is 0 Å². The molecule has 0 aromatic heterocycles. The topological polar surface area (TPSA) is 23.6 Å². The molecular formula is C14H20N2O. The first kappa shape index (κ1) is 12.0. The van der Waals surface area contributed by atoms with Gasteiger partial charge in [0, 0.05) is 37.1 Å². The van der Waals surface area contributed by atoms with Gasteiger partial charge >= 0.3 is 0 Å². The SMILES string of the molecule is C=C1C=C2C(=CN1CC)CCC(C)C(=O)N2C. The summed E-state index contributed by atoms with van der Waals surface area (Å²) < 4.78 is 0. The van der Waals surface area contributed by atoms with Crippen molar-refractivity contribution in [2.75, 3.05) is 13.6 Å². The zero-order valence-electron chi connectivity index (χ0n) is 10.9. The number of hydrogen-bond donors (Lipinski definition) is 0. The molecule has 1 amide bonds. The predicted molar refractivity (Wildman–Crippen MR) is 68.9 cm³/mol. The van der Waals surface area contributed by atoms with Gasteiger partial charge in [-0.05, 0) is 31.4 Å². The Hall–Kier alpha value is -1.51. The Kier molecular flexibility index (Phi) is 3.09. The Bertz CT molecular complexity index is 420. The van der Waals surface area contributed by atoms with E-state index in [9.17, 15) is 4.79 Å². The minimum Gasteiger partial charge on any atom is -0.348 e. The van der Waals surface area contributed by atoms with Crippen LogP contribution in [0.2, 0.25) is 0 Å². The largest absolute Gasteiger partial charge is 0.348 e. The lowest BCUT2D eigenvalue weighted by Gasteiger charge is -2.30. The zero-order valence-corrected chi connectivity index (χ0v) is 10.9. The van der Waals surface area contributed by atoms with Crippen LogP contribution in [0.3, 0.4) is 0 Å². The van der Waals surface area contributed by atoms with Gasteiger partial charge in [0.15, 0.2) is 0 Å². The van der Waals surface area contributed by atoms with Crippen LogP contribution in [0.4, 0.5) is 0 Å². The van der Waals surface area contributed by atoms with Crippen molar-refractivity contribution in [3.05, 3.63) is 35.8 Å². The van der Waals surface area contributed by atoms with Gasteiger partial charge < -0.3 is 9.80 Å². The molecule has 0 radical (unpaired) electrons. The van der Waals surface area contributed by atoms with Crippen LogP contribution in [0.15, 0.2) is 35.8 Å². The van der Waals surface area contributed by atoms with Crippen molar-refractivity contribution >= 4 is 5.91 Å². The molecule has 0 N–H and O–H groups in total. The highest BCUT2D eigenvalue weighted by Crippen LogP contribution is 2.32. The number of likely N-dealkylation sites (tertiary alicyclic amines) is 1. The van der Waals surface area contributed by atoms with Crippen molar-refractivity contribution in [3.8, 4) is 0 Å².